The lowest BCUT2D eigenvalue weighted by Crippen LogP contribution is -2.49. The van der Waals surface area contributed by atoms with Gasteiger partial charge in [-0.1, -0.05) is 6.07 Å². The Balaban J connectivity index is 1.43. The number of carbonyl (C=O) groups is 1. The van der Waals surface area contributed by atoms with Crippen LogP contribution in [0.3, 0.4) is 0 Å². The van der Waals surface area contributed by atoms with Crippen molar-refractivity contribution in [2.75, 3.05) is 7.11 Å². The number of aromatic nitrogens is 2. The molecule has 2 fully saturated rings. The lowest BCUT2D eigenvalue weighted by atomic mass is 10.0. The number of amides is 1. The van der Waals surface area contributed by atoms with Gasteiger partial charge in [0.1, 0.15) is 18.0 Å². The van der Waals surface area contributed by atoms with Crippen LogP contribution in [0.5, 0.6) is 5.75 Å². The Kier molecular flexibility index (Phi) is 7.73. The SMILES string of the molecule is COc1cc(/C=C2\O[C@@H](C)[C@H]3CC[C@@H](c4cc(F)c(F)c(F)c4)N3C2=O)ccc1-[n+]1cc(C)n(COP(=O)(O)O)c1. The van der Waals surface area contributed by atoms with E-state index in [1.165, 1.54) is 11.7 Å². The van der Waals surface area contributed by atoms with E-state index in [4.69, 9.17) is 19.3 Å². The van der Waals surface area contributed by atoms with Gasteiger partial charge in [0, 0.05) is 6.92 Å². The first-order chi connectivity index (χ1) is 19.4. The first kappa shape index (κ1) is 28.9. The number of benzene rings is 2. The summed E-state index contributed by atoms with van der Waals surface area (Å²) in [5, 5.41) is 0. The van der Waals surface area contributed by atoms with Crippen molar-refractivity contribution < 1.29 is 50.9 Å². The highest BCUT2D eigenvalue weighted by Crippen LogP contribution is 2.43. The van der Waals surface area contributed by atoms with E-state index in [0.29, 0.717) is 35.5 Å². The number of ether oxygens (including phenoxy) is 2. The molecule has 2 aliphatic heterocycles. The summed E-state index contributed by atoms with van der Waals surface area (Å²) in [5.41, 5.74) is 2.03. The van der Waals surface area contributed by atoms with Gasteiger partial charge in [-0.3, -0.25) is 4.79 Å². The summed E-state index contributed by atoms with van der Waals surface area (Å²) in [6, 6.07) is 6.07. The third-order valence-corrected chi connectivity index (χ3v) is 7.76. The second-order valence-corrected chi connectivity index (χ2v) is 11.2. The number of halogens is 3. The molecule has 1 aromatic heterocycles. The minimum Gasteiger partial charge on any atom is -0.492 e. The molecule has 2 aromatic carbocycles. The molecule has 0 saturated carbocycles. The Morgan fingerprint density at radius 1 is 1.17 bits per heavy atom. The van der Waals surface area contributed by atoms with Gasteiger partial charge in [-0.2, -0.15) is 4.57 Å². The average Bonchev–Trinajstić information content (AvgIpc) is 3.52. The lowest BCUT2D eigenvalue weighted by molar-refractivity contribution is -0.596. The van der Waals surface area contributed by atoms with Crippen LogP contribution in [-0.2, 0) is 25.4 Å². The molecule has 5 rings (SSSR count). The third kappa shape index (κ3) is 5.76. The zero-order chi connectivity index (χ0) is 29.6. The summed E-state index contributed by atoms with van der Waals surface area (Å²) < 4.78 is 71.9. The summed E-state index contributed by atoms with van der Waals surface area (Å²) in [5.74, 6) is -4.14. The molecule has 0 bridgehead atoms. The fourth-order valence-electron chi connectivity index (χ4n) is 5.34. The summed E-state index contributed by atoms with van der Waals surface area (Å²) in [6.45, 7) is 3.20. The molecule has 0 radical (unpaired) electrons. The van der Waals surface area contributed by atoms with Gasteiger partial charge >= 0.3 is 7.82 Å². The van der Waals surface area contributed by atoms with Gasteiger partial charge < -0.3 is 24.2 Å². The van der Waals surface area contributed by atoms with Crippen molar-refractivity contribution in [3.8, 4) is 11.4 Å². The molecular formula is C27H28F3N3O7P+. The van der Waals surface area contributed by atoms with Crippen LogP contribution in [0.4, 0.5) is 13.2 Å². The molecule has 14 heteroatoms. The van der Waals surface area contributed by atoms with Crippen molar-refractivity contribution in [3.63, 3.8) is 0 Å². The first-order valence-electron chi connectivity index (χ1n) is 12.7. The van der Waals surface area contributed by atoms with Crippen molar-refractivity contribution in [2.24, 2.45) is 0 Å². The van der Waals surface area contributed by atoms with Gasteiger partial charge in [0.15, 0.2) is 34.6 Å². The van der Waals surface area contributed by atoms with E-state index >= 15 is 0 Å². The minimum atomic E-state index is -4.65. The topological polar surface area (TPSA) is 114 Å². The number of hydrogen-bond acceptors (Lipinski definition) is 5. The maximum absolute atomic E-state index is 14.0. The number of phosphoric ester groups is 1. The normalized spacial score (nSPS) is 21.8. The fourth-order valence-corrected chi connectivity index (χ4v) is 5.62. The van der Waals surface area contributed by atoms with E-state index in [0.717, 1.165) is 12.1 Å². The maximum Gasteiger partial charge on any atom is 0.472 e. The van der Waals surface area contributed by atoms with Crippen LogP contribution in [0.15, 0.2) is 48.6 Å². The number of nitrogens with zero attached hydrogens (tertiary/aromatic N) is 3. The van der Waals surface area contributed by atoms with Crippen molar-refractivity contribution in [2.45, 2.75) is 51.6 Å². The molecule has 41 heavy (non-hydrogen) atoms. The van der Waals surface area contributed by atoms with E-state index < -0.39 is 43.3 Å². The van der Waals surface area contributed by atoms with Crippen molar-refractivity contribution in [1.29, 1.82) is 0 Å². The third-order valence-electron chi connectivity index (χ3n) is 7.31. The van der Waals surface area contributed by atoms with E-state index in [-0.39, 0.29) is 24.1 Å². The number of aryl methyl sites for hydroxylation is 1. The summed E-state index contributed by atoms with van der Waals surface area (Å²) in [7, 11) is -3.18. The number of methoxy groups -OCH3 is 1. The summed E-state index contributed by atoms with van der Waals surface area (Å²) in [6.07, 6.45) is 5.48. The monoisotopic (exact) mass is 594 g/mol. The zero-order valence-electron chi connectivity index (χ0n) is 22.3. The van der Waals surface area contributed by atoms with Crippen LogP contribution < -0.4 is 9.30 Å². The van der Waals surface area contributed by atoms with Crippen LogP contribution >= 0.6 is 7.82 Å². The van der Waals surface area contributed by atoms with E-state index in [1.54, 1.807) is 53.2 Å². The molecule has 1 amide bonds. The van der Waals surface area contributed by atoms with Gasteiger partial charge in [-0.25, -0.2) is 26.8 Å². The van der Waals surface area contributed by atoms with Crippen LogP contribution in [0.25, 0.3) is 11.8 Å². The van der Waals surface area contributed by atoms with E-state index in [1.807, 2.05) is 6.92 Å². The number of carbonyl (C=O) groups excluding carboxylic acids is 1. The zero-order valence-corrected chi connectivity index (χ0v) is 23.2. The van der Waals surface area contributed by atoms with Crippen LogP contribution in [0.1, 0.15) is 42.6 Å². The van der Waals surface area contributed by atoms with Gasteiger partial charge in [0.05, 0.1) is 19.2 Å². The Bertz CT molecular complexity index is 1570. The Morgan fingerprint density at radius 2 is 1.88 bits per heavy atom. The molecule has 2 aliphatic rings. The fraction of sp³-hybridized carbons (Fsp3) is 0.333. The van der Waals surface area contributed by atoms with Crippen molar-refractivity contribution >= 4 is 19.8 Å². The molecule has 0 aliphatic carbocycles. The molecule has 10 nitrogen and oxygen atoms in total. The van der Waals surface area contributed by atoms with Crippen LogP contribution in [-0.4, -0.2) is 44.4 Å². The molecule has 0 unspecified atom stereocenters. The molecule has 3 heterocycles. The number of morpholine rings is 1. The standard InChI is InChI=1S/C27H27F3N3O7P/c1-15-12-31(13-32(15)14-39-41(35,36)37)23-5-4-17(8-24(23)38-3)9-25-27(34)33-21(16(2)40-25)6-7-22(33)18-10-19(28)26(30)20(29)11-18/h4-5,8-13,16,21-22H,6-7,14H2,1-3H3,(H-,35,36,37)/p+1/b25-9-/t16-,21+,22-/m0/s1. The smallest absolute Gasteiger partial charge is 0.472 e. The molecule has 3 aromatic rings. The van der Waals surface area contributed by atoms with Gasteiger partial charge in [-0.05, 0) is 61.2 Å². The molecule has 3 atom stereocenters. The molecule has 218 valence electrons. The van der Waals surface area contributed by atoms with Gasteiger partial charge in [0.2, 0.25) is 6.73 Å². The van der Waals surface area contributed by atoms with Crippen LogP contribution in [0, 0.1) is 24.4 Å². The van der Waals surface area contributed by atoms with Gasteiger partial charge in [0.25, 0.3) is 12.2 Å². The second kappa shape index (κ2) is 11.0. The first-order valence-corrected chi connectivity index (χ1v) is 14.2. The maximum atomic E-state index is 14.0. The number of hydrogen-bond donors (Lipinski definition) is 2. The Morgan fingerprint density at radius 3 is 2.54 bits per heavy atom. The van der Waals surface area contributed by atoms with Crippen LogP contribution in [0.2, 0.25) is 0 Å². The largest absolute Gasteiger partial charge is 0.492 e. The molecule has 2 N–H and O–H groups in total. The minimum absolute atomic E-state index is 0.0442. The Hall–Kier alpha value is -3.64. The van der Waals surface area contributed by atoms with E-state index in [2.05, 4.69) is 4.52 Å². The predicted octanol–water partition coefficient (Wildman–Crippen LogP) is 4.06. The summed E-state index contributed by atoms with van der Waals surface area (Å²) in [4.78, 5) is 33.1. The highest BCUT2D eigenvalue weighted by atomic mass is 31.2. The van der Waals surface area contributed by atoms with E-state index in [9.17, 15) is 22.5 Å². The number of phosphoric acid groups is 1. The highest BCUT2D eigenvalue weighted by molar-refractivity contribution is 7.46. The molecular weight excluding hydrogens is 566 g/mol. The quantitative estimate of drug-likeness (QED) is 0.184. The molecule has 0 spiro atoms. The lowest BCUT2D eigenvalue weighted by Gasteiger charge is -2.39. The number of imidazole rings is 1. The average molecular weight is 595 g/mol. The highest BCUT2D eigenvalue weighted by Gasteiger charge is 2.46. The molecule has 2 saturated heterocycles. The van der Waals surface area contributed by atoms with Gasteiger partial charge in [-0.15, -0.1) is 0 Å². The predicted molar refractivity (Wildman–Crippen MR) is 138 cm³/mol. The Labute approximate surface area is 233 Å². The number of rotatable bonds is 7. The number of fused-ring (bicyclic) bond motifs is 1. The van der Waals surface area contributed by atoms with Crippen molar-refractivity contribution in [3.05, 3.63) is 82.9 Å². The summed E-state index contributed by atoms with van der Waals surface area (Å²) >= 11 is 0. The van der Waals surface area contributed by atoms with Crippen molar-refractivity contribution in [1.82, 2.24) is 9.47 Å². The second-order valence-electron chi connectivity index (χ2n) is 9.95.